The smallest absolute Gasteiger partial charge is 0.264 e. The van der Waals surface area contributed by atoms with Gasteiger partial charge in [-0.2, -0.15) is 0 Å². The number of carbonyl (C=O) groups is 1. The highest BCUT2D eigenvalue weighted by Gasteiger charge is 2.24. The number of ether oxygens (including phenoxy) is 1. The summed E-state index contributed by atoms with van der Waals surface area (Å²) in [5.74, 6) is 0.677. The van der Waals surface area contributed by atoms with Crippen LogP contribution in [0.2, 0.25) is 0 Å². The van der Waals surface area contributed by atoms with Crippen molar-refractivity contribution in [3.63, 3.8) is 0 Å². The molecule has 1 amide bonds. The van der Waals surface area contributed by atoms with E-state index in [1.807, 2.05) is 42.5 Å². The lowest BCUT2D eigenvalue weighted by atomic mass is 10.2. The van der Waals surface area contributed by atoms with Crippen LogP contribution in [0.1, 0.15) is 11.1 Å². The maximum atomic E-state index is 12.3. The topological polar surface area (TPSA) is 55.6 Å². The number of fused-ring (bicyclic) bond motifs is 1. The number of amides is 1. The molecule has 0 unspecified atom stereocenters. The Balaban J connectivity index is 1.62. The summed E-state index contributed by atoms with van der Waals surface area (Å²) in [5.41, 5.74) is 8.82. The lowest BCUT2D eigenvalue weighted by Crippen LogP contribution is -2.33. The molecule has 2 N–H and O–H groups in total. The van der Waals surface area contributed by atoms with Gasteiger partial charge in [-0.25, -0.2) is 0 Å². The molecule has 0 fully saturated rings. The SMILES string of the molecule is NCc1ccc(OCC(=O)N2CCc3ccccc32)cc1. The van der Waals surface area contributed by atoms with Crippen LogP contribution in [0.4, 0.5) is 5.69 Å². The van der Waals surface area contributed by atoms with Gasteiger partial charge in [0.25, 0.3) is 5.91 Å². The first-order valence-electron chi connectivity index (χ1n) is 7.08. The Morgan fingerprint density at radius 1 is 1.14 bits per heavy atom. The summed E-state index contributed by atoms with van der Waals surface area (Å²) in [5, 5.41) is 0. The molecule has 1 aliphatic heterocycles. The summed E-state index contributed by atoms with van der Waals surface area (Å²) in [4.78, 5) is 14.1. The van der Waals surface area contributed by atoms with E-state index in [1.54, 1.807) is 4.90 Å². The van der Waals surface area contributed by atoms with Crippen molar-refractivity contribution in [3.05, 3.63) is 59.7 Å². The first-order chi connectivity index (χ1) is 10.3. The second kappa shape index (κ2) is 5.97. The van der Waals surface area contributed by atoms with Gasteiger partial charge in [0.05, 0.1) is 0 Å². The molecule has 0 bridgehead atoms. The number of rotatable bonds is 4. The van der Waals surface area contributed by atoms with Gasteiger partial charge in [-0.3, -0.25) is 4.79 Å². The minimum atomic E-state index is -0.0112. The average Bonchev–Trinajstić information content (AvgIpc) is 2.97. The molecule has 0 saturated heterocycles. The predicted octanol–water partition coefficient (Wildman–Crippen LogP) is 2.11. The molecule has 0 radical (unpaired) electrons. The predicted molar refractivity (Wildman–Crippen MR) is 82.3 cm³/mol. The fraction of sp³-hybridized carbons (Fsp3) is 0.235. The first kappa shape index (κ1) is 13.6. The molecule has 2 aromatic rings. The van der Waals surface area contributed by atoms with Gasteiger partial charge in [-0.1, -0.05) is 30.3 Å². The summed E-state index contributed by atoms with van der Waals surface area (Å²) >= 11 is 0. The highest BCUT2D eigenvalue weighted by atomic mass is 16.5. The van der Waals surface area contributed by atoms with Crippen LogP contribution in [0.3, 0.4) is 0 Å². The third kappa shape index (κ3) is 2.90. The van der Waals surface area contributed by atoms with Crippen molar-refractivity contribution in [2.24, 2.45) is 5.73 Å². The zero-order valence-electron chi connectivity index (χ0n) is 11.8. The monoisotopic (exact) mass is 282 g/mol. The highest BCUT2D eigenvalue weighted by molar-refractivity contribution is 5.96. The van der Waals surface area contributed by atoms with Crippen molar-refractivity contribution in [3.8, 4) is 5.75 Å². The van der Waals surface area contributed by atoms with Crippen molar-refractivity contribution < 1.29 is 9.53 Å². The van der Waals surface area contributed by atoms with Gasteiger partial charge >= 0.3 is 0 Å². The molecular weight excluding hydrogens is 264 g/mol. The molecule has 0 aromatic heterocycles. The number of hydrogen-bond donors (Lipinski definition) is 1. The van der Waals surface area contributed by atoms with Crippen LogP contribution >= 0.6 is 0 Å². The quantitative estimate of drug-likeness (QED) is 0.934. The van der Waals surface area contributed by atoms with Crippen LogP contribution in [0.5, 0.6) is 5.75 Å². The van der Waals surface area contributed by atoms with E-state index in [2.05, 4.69) is 6.07 Å². The summed E-state index contributed by atoms with van der Waals surface area (Å²) in [6.45, 7) is 1.29. The van der Waals surface area contributed by atoms with E-state index >= 15 is 0 Å². The Morgan fingerprint density at radius 3 is 2.67 bits per heavy atom. The van der Waals surface area contributed by atoms with Crippen molar-refractivity contribution in [2.75, 3.05) is 18.1 Å². The van der Waals surface area contributed by atoms with Crippen molar-refractivity contribution >= 4 is 11.6 Å². The molecule has 2 aromatic carbocycles. The Bertz CT molecular complexity index is 637. The van der Waals surface area contributed by atoms with E-state index in [9.17, 15) is 4.79 Å². The van der Waals surface area contributed by atoms with E-state index in [4.69, 9.17) is 10.5 Å². The van der Waals surface area contributed by atoms with Crippen LogP contribution in [-0.2, 0) is 17.8 Å². The zero-order valence-corrected chi connectivity index (χ0v) is 11.8. The fourth-order valence-corrected chi connectivity index (χ4v) is 2.54. The molecule has 21 heavy (non-hydrogen) atoms. The number of benzene rings is 2. The maximum Gasteiger partial charge on any atom is 0.264 e. The Labute approximate surface area is 124 Å². The number of para-hydroxylation sites is 1. The number of nitrogens with two attached hydrogens (primary N) is 1. The third-order valence-electron chi connectivity index (χ3n) is 3.71. The first-order valence-corrected chi connectivity index (χ1v) is 7.08. The molecule has 0 atom stereocenters. The minimum absolute atomic E-state index is 0.0112. The standard InChI is InChI=1S/C17H18N2O2/c18-11-13-5-7-15(8-6-13)21-12-17(20)19-10-9-14-3-1-2-4-16(14)19/h1-8H,9-12,18H2. The van der Waals surface area contributed by atoms with Crippen LogP contribution in [0.15, 0.2) is 48.5 Å². The van der Waals surface area contributed by atoms with Gasteiger partial charge in [0, 0.05) is 18.8 Å². The molecule has 4 nitrogen and oxygen atoms in total. The second-order valence-corrected chi connectivity index (χ2v) is 5.06. The molecule has 0 aliphatic carbocycles. The summed E-state index contributed by atoms with van der Waals surface area (Å²) in [7, 11) is 0. The van der Waals surface area contributed by atoms with Crippen LogP contribution in [0, 0.1) is 0 Å². The zero-order chi connectivity index (χ0) is 14.7. The van der Waals surface area contributed by atoms with Crippen molar-refractivity contribution in [1.82, 2.24) is 0 Å². The number of anilines is 1. The third-order valence-corrected chi connectivity index (χ3v) is 3.71. The number of nitrogens with zero attached hydrogens (tertiary/aromatic N) is 1. The molecule has 1 heterocycles. The van der Waals surface area contributed by atoms with Crippen molar-refractivity contribution in [2.45, 2.75) is 13.0 Å². The Kier molecular flexibility index (Phi) is 3.88. The molecule has 1 aliphatic rings. The largest absolute Gasteiger partial charge is 0.484 e. The molecule has 0 spiro atoms. The van der Waals surface area contributed by atoms with Crippen LogP contribution < -0.4 is 15.4 Å². The fourth-order valence-electron chi connectivity index (χ4n) is 2.54. The van der Waals surface area contributed by atoms with E-state index in [-0.39, 0.29) is 12.5 Å². The Morgan fingerprint density at radius 2 is 1.90 bits per heavy atom. The van der Waals surface area contributed by atoms with Gasteiger partial charge in [0.15, 0.2) is 6.61 Å². The highest BCUT2D eigenvalue weighted by Crippen LogP contribution is 2.27. The summed E-state index contributed by atoms with van der Waals surface area (Å²) < 4.78 is 5.56. The lowest BCUT2D eigenvalue weighted by Gasteiger charge is -2.17. The van der Waals surface area contributed by atoms with E-state index in [1.165, 1.54) is 5.56 Å². The second-order valence-electron chi connectivity index (χ2n) is 5.06. The number of carbonyl (C=O) groups excluding carboxylic acids is 1. The van der Waals surface area contributed by atoms with Gasteiger partial charge in [0.2, 0.25) is 0 Å². The molecular formula is C17H18N2O2. The molecule has 108 valence electrons. The van der Waals surface area contributed by atoms with E-state index in [0.29, 0.717) is 12.3 Å². The van der Waals surface area contributed by atoms with Crippen LogP contribution in [0.25, 0.3) is 0 Å². The van der Waals surface area contributed by atoms with Gasteiger partial charge < -0.3 is 15.4 Å². The number of hydrogen-bond acceptors (Lipinski definition) is 3. The van der Waals surface area contributed by atoms with Crippen LogP contribution in [-0.4, -0.2) is 19.1 Å². The average molecular weight is 282 g/mol. The molecule has 4 heteroatoms. The lowest BCUT2D eigenvalue weighted by molar-refractivity contribution is -0.120. The molecule has 0 saturated carbocycles. The van der Waals surface area contributed by atoms with Gasteiger partial charge in [-0.05, 0) is 35.7 Å². The van der Waals surface area contributed by atoms with E-state index < -0.39 is 0 Å². The molecule has 3 rings (SSSR count). The van der Waals surface area contributed by atoms with E-state index in [0.717, 1.165) is 24.2 Å². The maximum absolute atomic E-state index is 12.3. The summed E-state index contributed by atoms with van der Waals surface area (Å²) in [6.07, 6.45) is 0.910. The normalized spacial score (nSPS) is 13.1. The Hall–Kier alpha value is -2.33. The van der Waals surface area contributed by atoms with Gasteiger partial charge in [-0.15, -0.1) is 0 Å². The summed E-state index contributed by atoms with van der Waals surface area (Å²) in [6, 6.07) is 15.5. The van der Waals surface area contributed by atoms with Crippen molar-refractivity contribution in [1.29, 1.82) is 0 Å². The van der Waals surface area contributed by atoms with Gasteiger partial charge in [0.1, 0.15) is 5.75 Å². The minimum Gasteiger partial charge on any atom is -0.484 e.